The molecular formula is C25H28BNO3. The Kier molecular flexibility index (Phi) is 6.11. The van der Waals surface area contributed by atoms with Crippen molar-refractivity contribution in [1.82, 2.24) is 4.57 Å². The predicted molar refractivity (Wildman–Crippen MR) is 123 cm³/mol. The number of hydrogen-bond acceptors (Lipinski definition) is 3. The van der Waals surface area contributed by atoms with Crippen molar-refractivity contribution >= 4 is 24.7 Å². The van der Waals surface area contributed by atoms with Crippen molar-refractivity contribution in [2.24, 2.45) is 0 Å². The van der Waals surface area contributed by atoms with Gasteiger partial charge in [0.25, 0.3) is 0 Å². The lowest BCUT2D eigenvalue weighted by Crippen LogP contribution is -2.43. The number of aryl methyl sites for hydroxylation is 1. The molecule has 0 saturated carbocycles. The lowest BCUT2D eigenvalue weighted by Gasteiger charge is -2.35. The van der Waals surface area contributed by atoms with Crippen LogP contribution in [-0.2, 0) is 16.1 Å². The average molecular weight is 401 g/mol. The van der Waals surface area contributed by atoms with Gasteiger partial charge in [0.1, 0.15) is 19.2 Å². The minimum absolute atomic E-state index is 0.321. The highest BCUT2D eigenvalue weighted by atomic mass is 16.6. The van der Waals surface area contributed by atoms with Gasteiger partial charge >= 0.3 is 5.97 Å². The molecule has 5 heteroatoms. The highest BCUT2D eigenvalue weighted by Crippen LogP contribution is 2.33. The van der Waals surface area contributed by atoms with Crippen LogP contribution < -0.4 is 4.74 Å². The molecule has 0 aliphatic rings. The van der Waals surface area contributed by atoms with Crippen LogP contribution in [0.2, 0.25) is 0 Å². The number of rotatable bonds is 8. The molecule has 3 aromatic rings. The molecule has 1 unspecified atom stereocenters. The molecule has 0 aliphatic heterocycles. The maximum absolute atomic E-state index is 11.6. The Morgan fingerprint density at radius 2 is 1.83 bits per heavy atom. The Morgan fingerprint density at radius 3 is 2.47 bits per heavy atom. The van der Waals surface area contributed by atoms with E-state index in [1.807, 2.05) is 36.4 Å². The van der Waals surface area contributed by atoms with Gasteiger partial charge in [-0.3, -0.25) is 0 Å². The van der Waals surface area contributed by atoms with E-state index in [9.17, 15) is 4.79 Å². The summed E-state index contributed by atoms with van der Waals surface area (Å²) in [6, 6.07) is 18.5. The Balaban J connectivity index is 1.88. The zero-order chi connectivity index (χ0) is 21.9. The Morgan fingerprint density at radius 1 is 1.13 bits per heavy atom. The summed E-state index contributed by atoms with van der Waals surface area (Å²) in [7, 11) is 6.42. The zero-order valence-corrected chi connectivity index (χ0v) is 18.1. The molecular weight excluding hydrogens is 373 g/mol. The van der Waals surface area contributed by atoms with Gasteiger partial charge in [-0.05, 0) is 51.5 Å². The highest BCUT2D eigenvalue weighted by molar-refractivity contribution is 6.14. The number of hydrogen-bond donors (Lipinski definition) is 0. The number of aromatic nitrogens is 1. The smallest absolute Gasteiger partial charge is 0.330 e. The van der Waals surface area contributed by atoms with E-state index in [4.69, 9.17) is 17.3 Å². The van der Waals surface area contributed by atoms with E-state index in [1.165, 1.54) is 11.3 Å². The zero-order valence-electron chi connectivity index (χ0n) is 18.1. The van der Waals surface area contributed by atoms with Crippen molar-refractivity contribution in [3.63, 3.8) is 0 Å². The fourth-order valence-corrected chi connectivity index (χ4v) is 3.99. The van der Waals surface area contributed by atoms with Crippen LogP contribution in [0.3, 0.4) is 0 Å². The molecule has 0 N–H and O–H groups in total. The van der Waals surface area contributed by atoms with E-state index in [0.717, 1.165) is 23.5 Å². The summed E-state index contributed by atoms with van der Waals surface area (Å²) < 4.78 is 13.8. The van der Waals surface area contributed by atoms with Crippen LogP contribution in [0.5, 0.6) is 5.75 Å². The molecule has 3 rings (SSSR count). The third-order valence-corrected chi connectivity index (χ3v) is 4.93. The molecule has 2 radical (unpaired) electrons. The van der Waals surface area contributed by atoms with Crippen molar-refractivity contribution in [3.05, 3.63) is 67.3 Å². The van der Waals surface area contributed by atoms with Gasteiger partial charge in [0, 0.05) is 36.2 Å². The maximum Gasteiger partial charge on any atom is 0.330 e. The number of carbonyl (C=O) groups excluding carboxylic acids is 1. The van der Waals surface area contributed by atoms with Crippen LogP contribution in [-0.4, -0.2) is 29.5 Å². The van der Waals surface area contributed by atoms with Gasteiger partial charge in [0.15, 0.2) is 0 Å². The summed E-state index contributed by atoms with van der Waals surface area (Å²) in [5.41, 5.74) is 1.61. The summed E-state index contributed by atoms with van der Waals surface area (Å²) in [6.45, 7) is 11.8. The first kappa shape index (κ1) is 21.8. The van der Waals surface area contributed by atoms with E-state index in [0.29, 0.717) is 12.2 Å². The summed E-state index contributed by atoms with van der Waals surface area (Å²) in [6.07, 6.45) is 1.47. The largest absolute Gasteiger partial charge is 0.497 e. The molecule has 1 aromatic heterocycles. The monoisotopic (exact) mass is 401 g/mol. The van der Waals surface area contributed by atoms with E-state index in [2.05, 4.69) is 36.3 Å². The minimum atomic E-state index is -1.02. The van der Waals surface area contributed by atoms with Gasteiger partial charge in [-0.25, -0.2) is 4.79 Å². The second kappa shape index (κ2) is 8.43. The standard InChI is InChI=1S/C25H28BNO3/c1-6-23(28)30-24(3,4)17-25(5,26)29-20-14-13-19-15-21(18-11-9-8-10-12-18)27(7-2)22(19)16-20/h6,8-16H,1,7,17H2,2-5H3. The normalized spacial score (nSPS) is 13.6. The molecule has 4 nitrogen and oxygen atoms in total. The van der Waals surface area contributed by atoms with Crippen LogP contribution in [0.15, 0.2) is 67.3 Å². The van der Waals surface area contributed by atoms with Crippen LogP contribution in [0, 0.1) is 0 Å². The minimum Gasteiger partial charge on any atom is -0.497 e. The van der Waals surface area contributed by atoms with Crippen LogP contribution in [0.4, 0.5) is 0 Å². The summed E-state index contributed by atoms with van der Waals surface area (Å²) in [5.74, 6) is 0.192. The van der Waals surface area contributed by atoms with Crippen molar-refractivity contribution < 1.29 is 14.3 Å². The van der Waals surface area contributed by atoms with Crippen LogP contribution in [0.25, 0.3) is 22.2 Å². The third kappa shape index (κ3) is 4.96. The number of ether oxygens (including phenoxy) is 2. The predicted octanol–water partition coefficient (Wildman–Crippen LogP) is 5.49. The van der Waals surface area contributed by atoms with E-state index in [1.54, 1.807) is 20.8 Å². The van der Waals surface area contributed by atoms with Crippen molar-refractivity contribution in [1.29, 1.82) is 0 Å². The second-order valence-corrected chi connectivity index (χ2v) is 8.34. The number of benzene rings is 2. The highest BCUT2D eigenvalue weighted by Gasteiger charge is 2.32. The summed E-state index contributed by atoms with van der Waals surface area (Å²) in [5, 5.41) is 1.14. The van der Waals surface area contributed by atoms with E-state index < -0.39 is 17.1 Å². The first-order chi connectivity index (χ1) is 14.1. The number of esters is 1. The Labute approximate surface area is 179 Å². The van der Waals surface area contributed by atoms with Gasteiger partial charge in [-0.15, -0.1) is 0 Å². The molecule has 0 amide bonds. The van der Waals surface area contributed by atoms with E-state index in [-0.39, 0.29) is 0 Å². The number of carbonyl (C=O) groups is 1. The molecule has 0 fully saturated rings. The fourth-order valence-electron chi connectivity index (χ4n) is 3.99. The van der Waals surface area contributed by atoms with Gasteiger partial charge < -0.3 is 14.0 Å². The molecule has 1 heterocycles. The third-order valence-electron chi connectivity index (χ3n) is 4.93. The van der Waals surface area contributed by atoms with Crippen LogP contribution in [0.1, 0.15) is 34.1 Å². The molecule has 0 aliphatic carbocycles. The van der Waals surface area contributed by atoms with Crippen molar-refractivity contribution in [2.45, 2.75) is 51.8 Å². The fraction of sp³-hybridized carbons (Fsp3) is 0.320. The molecule has 2 aromatic carbocycles. The van der Waals surface area contributed by atoms with E-state index >= 15 is 0 Å². The first-order valence-corrected chi connectivity index (χ1v) is 10.2. The molecule has 0 saturated heterocycles. The lowest BCUT2D eigenvalue weighted by atomic mass is 9.75. The molecule has 154 valence electrons. The Bertz CT molecular complexity index is 1050. The van der Waals surface area contributed by atoms with Gasteiger partial charge in [-0.1, -0.05) is 36.9 Å². The molecule has 30 heavy (non-hydrogen) atoms. The SMILES string of the molecule is [B]C(C)(CC(C)(C)OC(=O)C=C)Oc1ccc2cc(-c3ccccc3)n(CC)c2c1. The average Bonchev–Trinajstić information content (AvgIpc) is 3.04. The summed E-state index contributed by atoms with van der Waals surface area (Å²) in [4.78, 5) is 11.6. The molecule has 0 bridgehead atoms. The summed E-state index contributed by atoms with van der Waals surface area (Å²) >= 11 is 0. The molecule has 1 atom stereocenters. The van der Waals surface area contributed by atoms with Gasteiger partial charge in [0.2, 0.25) is 0 Å². The Hall–Kier alpha value is -2.95. The van der Waals surface area contributed by atoms with Gasteiger partial charge in [0.05, 0.1) is 11.0 Å². The van der Waals surface area contributed by atoms with Crippen molar-refractivity contribution in [3.8, 4) is 17.0 Å². The first-order valence-electron chi connectivity index (χ1n) is 10.2. The topological polar surface area (TPSA) is 40.5 Å². The molecule has 0 spiro atoms. The van der Waals surface area contributed by atoms with Crippen molar-refractivity contribution in [2.75, 3.05) is 0 Å². The number of fused-ring (bicyclic) bond motifs is 1. The van der Waals surface area contributed by atoms with Crippen LogP contribution >= 0.6 is 0 Å². The second-order valence-electron chi connectivity index (χ2n) is 8.34. The number of nitrogens with zero attached hydrogens (tertiary/aromatic N) is 1. The lowest BCUT2D eigenvalue weighted by molar-refractivity contribution is -0.152. The quantitative estimate of drug-likeness (QED) is 0.285. The maximum atomic E-state index is 11.6. The van der Waals surface area contributed by atoms with Gasteiger partial charge in [-0.2, -0.15) is 0 Å².